The molecule has 1 amide bonds. The van der Waals surface area contributed by atoms with Gasteiger partial charge in [0, 0.05) is 23.1 Å². The summed E-state index contributed by atoms with van der Waals surface area (Å²) in [4.78, 5) is 20.1. The van der Waals surface area contributed by atoms with Crippen LogP contribution in [0.15, 0.2) is 35.2 Å². The molecule has 0 aromatic carbocycles. The van der Waals surface area contributed by atoms with Gasteiger partial charge in [0.2, 0.25) is 0 Å². The predicted octanol–water partition coefficient (Wildman–Crippen LogP) is 2.09. The fourth-order valence-corrected chi connectivity index (χ4v) is 1.71. The zero-order valence-corrected chi connectivity index (χ0v) is 11.7. The van der Waals surface area contributed by atoms with E-state index < -0.39 is 0 Å². The minimum atomic E-state index is -0.324. The number of nitrogen functional groups attached to an aromatic ring is 1. The quantitative estimate of drug-likeness (QED) is 0.594. The summed E-state index contributed by atoms with van der Waals surface area (Å²) in [5, 5.41) is 2.69. The monoisotopic (exact) mass is 321 g/mol. The van der Waals surface area contributed by atoms with E-state index >= 15 is 0 Å². The summed E-state index contributed by atoms with van der Waals surface area (Å²) in [6, 6.07) is 3.39. The second-order valence-corrected chi connectivity index (χ2v) is 4.69. The van der Waals surface area contributed by atoms with Crippen molar-refractivity contribution in [2.75, 3.05) is 10.7 Å². The van der Waals surface area contributed by atoms with E-state index in [-0.39, 0.29) is 5.91 Å². The molecule has 4 N–H and O–H groups in total. The van der Waals surface area contributed by atoms with Crippen LogP contribution in [0.3, 0.4) is 0 Å². The van der Waals surface area contributed by atoms with E-state index in [9.17, 15) is 4.79 Å². The maximum Gasteiger partial charge on any atom is 0.260 e. The molecule has 0 radical (unpaired) electrons. The van der Waals surface area contributed by atoms with E-state index in [1.54, 1.807) is 24.5 Å². The van der Waals surface area contributed by atoms with Crippen LogP contribution in [0.25, 0.3) is 0 Å². The number of nitrogens with zero attached hydrogens (tertiary/aromatic N) is 2. The molecule has 98 valence electrons. The topological polar surface area (TPSA) is 92.9 Å². The first-order chi connectivity index (χ1) is 9.11. The van der Waals surface area contributed by atoms with Crippen molar-refractivity contribution in [3.8, 4) is 0 Å². The van der Waals surface area contributed by atoms with Crippen LogP contribution in [0.4, 0.5) is 11.5 Å². The second-order valence-electron chi connectivity index (χ2n) is 3.84. The van der Waals surface area contributed by atoms with Crippen LogP contribution in [0.5, 0.6) is 0 Å². The van der Waals surface area contributed by atoms with Crippen LogP contribution < -0.4 is 16.6 Å². The number of rotatable bonds is 3. The first-order valence-electron chi connectivity index (χ1n) is 5.46. The normalized spacial score (nSPS) is 10.1. The molecule has 7 heteroatoms. The summed E-state index contributed by atoms with van der Waals surface area (Å²) in [7, 11) is 0. The lowest BCUT2D eigenvalue weighted by atomic mass is 10.2. The van der Waals surface area contributed by atoms with Gasteiger partial charge in [-0.15, -0.1) is 0 Å². The molecule has 0 fully saturated rings. The van der Waals surface area contributed by atoms with Crippen LogP contribution in [0.1, 0.15) is 15.9 Å². The number of amides is 1. The molecule has 0 saturated carbocycles. The number of carbonyl (C=O) groups is 1. The van der Waals surface area contributed by atoms with Gasteiger partial charge < -0.3 is 10.7 Å². The van der Waals surface area contributed by atoms with Gasteiger partial charge in [-0.2, -0.15) is 0 Å². The van der Waals surface area contributed by atoms with E-state index in [0.29, 0.717) is 17.1 Å². The average molecular weight is 322 g/mol. The molecule has 0 aliphatic rings. The van der Waals surface area contributed by atoms with Gasteiger partial charge in [0.1, 0.15) is 5.82 Å². The molecule has 6 nitrogen and oxygen atoms in total. The van der Waals surface area contributed by atoms with Gasteiger partial charge in [0.05, 0.1) is 11.3 Å². The molecule has 2 aromatic heterocycles. The first kappa shape index (κ1) is 13.4. The molecule has 2 aromatic rings. The summed E-state index contributed by atoms with van der Waals surface area (Å²) in [5.41, 5.74) is 4.29. The van der Waals surface area contributed by atoms with Gasteiger partial charge in [-0.3, -0.25) is 15.6 Å². The van der Waals surface area contributed by atoms with E-state index in [4.69, 9.17) is 5.84 Å². The summed E-state index contributed by atoms with van der Waals surface area (Å²) in [6.07, 6.45) is 4.63. The van der Waals surface area contributed by atoms with Crippen molar-refractivity contribution in [1.82, 2.24) is 9.97 Å². The zero-order chi connectivity index (χ0) is 13.8. The summed E-state index contributed by atoms with van der Waals surface area (Å²) < 4.78 is 0.885. The summed E-state index contributed by atoms with van der Waals surface area (Å²) in [5.74, 6) is 5.49. The molecule has 0 unspecified atom stereocenters. The molecule has 2 rings (SSSR count). The molecule has 19 heavy (non-hydrogen) atoms. The third-order valence-corrected chi connectivity index (χ3v) is 3.34. The lowest BCUT2D eigenvalue weighted by molar-refractivity contribution is 0.102. The molecule has 2 heterocycles. The predicted molar refractivity (Wildman–Crippen MR) is 76.7 cm³/mol. The fourth-order valence-electron chi connectivity index (χ4n) is 1.49. The molecular weight excluding hydrogens is 310 g/mol. The number of anilines is 2. The van der Waals surface area contributed by atoms with Crippen LogP contribution >= 0.6 is 15.9 Å². The Morgan fingerprint density at radius 1 is 1.42 bits per heavy atom. The van der Waals surface area contributed by atoms with Crippen LogP contribution in [-0.4, -0.2) is 15.9 Å². The second kappa shape index (κ2) is 5.77. The number of pyridine rings is 2. The summed E-state index contributed by atoms with van der Waals surface area (Å²) in [6.45, 7) is 1.92. The minimum absolute atomic E-state index is 0.324. The third-order valence-electron chi connectivity index (χ3n) is 2.51. The minimum Gasteiger partial charge on any atom is -0.323 e. The van der Waals surface area contributed by atoms with E-state index in [1.807, 2.05) is 6.92 Å². The number of aryl methyl sites for hydroxylation is 1. The number of nitrogens with two attached hydrogens (primary N) is 1. The molecule has 0 aliphatic heterocycles. The van der Waals surface area contributed by atoms with Crippen LogP contribution in [0, 0.1) is 6.92 Å². The highest BCUT2D eigenvalue weighted by Crippen LogP contribution is 2.19. The highest BCUT2D eigenvalue weighted by molar-refractivity contribution is 9.10. The van der Waals surface area contributed by atoms with E-state index in [1.165, 1.54) is 6.20 Å². The summed E-state index contributed by atoms with van der Waals surface area (Å²) >= 11 is 3.35. The Labute approximate surface area is 118 Å². The maximum absolute atomic E-state index is 12.1. The van der Waals surface area contributed by atoms with Gasteiger partial charge in [-0.1, -0.05) is 0 Å². The Morgan fingerprint density at radius 2 is 2.21 bits per heavy atom. The van der Waals surface area contributed by atoms with Crippen molar-refractivity contribution in [3.63, 3.8) is 0 Å². The van der Waals surface area contributed by atoms with Gasteiger partial charge in [0.15, 0.2) is 0 Å². The Bertz CT molecular complexity index is 617. The number of hydrazine groups is 1. The maximum atomic E-state index is 12.1. The molecule has 0 atom stereocenters. The number of aromatic nitrogens is 2. The van der Waals surface area contributed by atoms with Crippen molar-refractivity contribution in [3.05, 3.63) is 46.3 Å². The van der Waals surface area contributed by atoms with Gasteiger partial charge in [0.25, 0.3) is 5.91 Å². The molecular formula is C12H12BrN5O. The highest BCUT2D eigenvalue weighted by atomic mass is 79.9. The average Bonchev–Trinajstić information content (AvgIpc) is 2.43. The third kappa shape index (κ3) is 3.07. The van der Waals surface area contributed by atoms with Crippen molar-refractivity contribution >= 4 is 33.3 Å². The van der Waals surface area contributed by atoms with E-state index in [0.717, 1.165) is 10.0 Å². The largest absolute Gasteiger partial charge is 0.323 e. The Balaban J connectivity index is 2.23. The van der Waals surface area contributed by atoms with Crippen molar-refractivity contribution in [2.24, 2.45) is 5.84 Å². The van der Waals surface area contributed by atoms with Gasteiger partial charge in [-0.05, 0) is 40.5 Å². The SMILES string of the molecule is Cc1cc(NC(=O)c2cnccc2NN)ncc1Br. The van der Waals surface area contributed by atoms with Gasteiger partial charge in [-0.25, -0.2) is 4.98 Å². The molecule has 0 aliphatic carbocycles. The zero-order valence-electron chi connectivity index (χ0n) is 10.1. The lowest BCUT2D eigenvalue weighted by Gasteiger charge is -2.09. The number of carbonyl (C=O) groups excluding carboxylic acids is 1. The number of hydrogen-bond acceptors (Lipinski definition) is 5. The fraction of sp³-hybridized carbons (Fsp3) is 0.0833. The Hall–Kier alpha value is -1.99. The lowest BCUT2D eigenvalue weighted by Crippen LogP contribution is -2.18. The Kier molecular flexibility index (Phi) is 4.08. The van der Waals surface area contributed by atoms with Crippen molar-refractivity contribution < 1.29 is 4.79 Å². The molecule has 0 saturated heterocycles. The van der Waals surface area contributed by atoms with Crippen LogP contribution in [-0.2, 0) is 0 Å². The Morgan fingerprint density at radius 3 is 2.89 bits per heavy atom. The number of hydrogen-bond donors (Lipinski definition) is 3. The highest BCUT2D eigenvalue weighted by Gasteiger charge is 2.12. The first-order valence-corrected chi connectivity index (χ1v) is 6.25. The van der Waals surface area contributed by atoms with Crippen molar-refractivity contribution in [2.45, 2.75) is 6.92 Å². The van der Waals surface area contributed by atoms with Gasteiger partial charge >= 0.3 is 0 Å². The number of halogens is 1. The van der Waals surface area contributed by atoms with Crippen molar-refractivity contribution in [1.29, 1.82) is 0 Å². The number of nitrogens with one attached hydrogen (secondary N) is 2. The standard InChI is InChI=1S/C12H12BrN5O/c1-7-4-11(16-6-9(7)13)17-12(19)8-5-15-3-2-10(8)18-14/h2-6H,14H2,1H3,(H,15,18)(H,16,17,19). The molecule has 0 bridgehead atoms. The smallest absolute Gasteiger partial charge is 0.260 e. The molecule has 0 spiro atoms. The van der Waals surface area contributed by atoms with Crippen LogP contribution in [0.2, 0.25) is 0 Å². The van der Waals surface area contributed by atoms with E-state index in [2.05, 4.69) is 36.6 Å².